The van der Waals surface area contributed by atoms with Gasteiger partial charge in [0, 0.05) is 6.61 Å². The first-order valence-electron chi connectivity index (χ1n) is 4.12. The molecule has 0 aliphatic heterocycles. The second kappa shape index (κ2) is 6.81. The summed E-state index contributed by atoms with van der Waals surface area (Å²) in [7, 11) is 0. The van der Waals surface area contributed by atoms with Crippen molar-refractivity contribution in [1.82, 2.24) is 0 Å². The van der Waals surface area contributed by atoms with Crippen LogP contribution in [-0.4, -0.2) is 11.7 Å². The monoisotopic (exact) mass is 142 g/mol. The van der Waals surface area contributed by atoms with Crippen molar-refractivity contribution in [3.63, 3.8) is 0 Å². The van der Waals surface area contributed by atoms with Gasteiger partial charge in [0.25, 0.3) is 0 Å². The number of rotatable bonds is 5. The minimum Gasteiger partial charge on any atom is -0.396 e. The summed E-state index contributed by atoms with van der Waals surface area (Å²) >= 11 is 0. The van der Waals surface area contributed by atoms with Crippen molar-refractivity contribution in [2.24, 2.45) is 5.92 Å². The number of aliphatic hydroxyl groups is 1. The maximum absolute atomic E-state index is 8.77. The fourth-order valence-electron chi connectivity index (χ4n) is 0.781. The normalized spacial score (nSPS) is 14.3. The third-order valence-corrected chi connectivity index (χ3v) is 1.62. The van der Waals surface area contributed by atoms with Crippen LogP contribution in [0.4, 0.5) is 0 Å². The molecule has 1 nitrogen and oxygen atoms in total. The average Bonchev–Trinajstić information content (AvgIpc) is 1.99. The standard InChI is InChI=1S/C9H18O/c1-3-5-6-7-9(4-2)8-10/h6-7,9-10H,3-5,8H2,1-2H3/b7-6+. The minimum absolute atomic E-state index is 0.288. The summed E-state index contributed by atoms with van der Waals surface area (Å²) in [4.78, 5) is 0. The summed E-state index contributed by atoms with van der Waals surface area (Å²) in [5.41, 5.74) is 0. The number of hydrogen-bond donors (Lipinski definition) is 1. The summed E-state index contributed by atoms with van der Waals surface area (Å²) in [5.74, 6) is 0.381. The molecule has 0 heterocycles. The third kappa shape index (κ3) is 4.57. The molecule has 0 amide bonds. The Bertz CT molecular complexity index is 82.7. The number of allylic oxidation sites excluding steroid dienone is 1. The van der Waals surface area contributed by atoms with Crippen LogP contribution < -0.4 is 0 Å². The van der Waals surface area contributed by atoms with E-state index in [9.17, 15) is 0 Å². The van der Waals surface area contributed by atoms with Gasteiger partial charge >= 0.3 is 0 Å². The second-order valence-electron chi connectivity index (χ2n) is 2.57. The Morgan fingerprint density at radius 3 is 2.50 bits per heavy atom. The van der Waals surface area contributed by atoms with Crippen molar-refractivity contribution in [3.8, 4) is 0 Å². The molecule has 0 aliphatic rings. The maximum Gasteiger partial charge on any atom is 0.0493 e. The molecule has 1 heteroatoms. The van der Waals surface area contributed by atoms with Crippen molar-refractivity contribution in [2.45, 2.75) is 33.1 Å². The Kier molecular flexibility index (Phi) is 6.61. The highest BCUT2D eigenvalue weighted by molar-refractivity contribution is 4.87. The largest absolute Gasteiger partial charge is 0.396 e. The van der Waals surface area contributed by atoms with Gasteiger partial charge in [0.2, 0.25) is 0 Å². The molecule has 0 radical (unpaired) electrons. The van der Waals surface area contributed by atoms with E-state index in [2.05, 4.69) is 26.0 Å². The van der Waals surface area contributed by atoms with Gasteiger partial charge in [0.1, 0.15) is 0 Å². The molecule has 1 N–H and O–H groups in total. The molecule has 60 valence electrons. The highest BCUT2D eigenvalue weighted by Gasteiger charge is 1.96. The van der Waals surface area contributed by atoms with E-state index in [0.29, 0.717) is 5.92 Å². The van der Waals surface area contributed by atoms with Crippen LogP contribution in [-0.2, 0) is 0 Å². The van der Waals surface area contributed by atoms with Crippen LogP contribution in [0.25, 0.3) is 0 Å². The van der Waals surface area contributed by atoms with E-state index in [1.807, 2.05) is 0 Å². The van der Waals surface area contributed by atoms with Crippen molar-refractivity contribution >= 4 is 0 Å². The summed E-state index contributed by atoms with van der Waals surface area (Å²) in [5, 5.41) is 8.77. The molecule has 0 aromatic heterocycles. The lowest BCUT2D eigenvalue weighted by atomic mass is 10.1. The molecule has 1 unspecified atom stereocenters. The van der Waals surface area contributed by atoms with E-state index in [4.69, 9.17) is 5.11 Å². The van der Waals surface area contributed by atoms with Crippen molar-refractivity contribution in [2.75, 3.05) is 6.61 Å². The van der Waals surface area contributed by atoms with Crippen LogP contribution >= 0.6 is 0 Å². The van der Waals surface area contributed by atoms with Gasteiger partial charge < -0.3 is 5.11 Å². The minimum atomic E-state index is 0.288. The first-order chi connectivity index (χ1) is 4.85. The molecule has 0 rings (SSSR count). The zero-order valence-corrected chi connectivity index (χ0v) is 7.01. The SMILES string of the molecule is CCC/C=C/C(CC)CO. The van der Waals surface area contributed by atoms with E-state index in [1.54, 1.807) is 0 Å². The molecule has 0 aliphatic carbocycles. The van der Waals surface area contributed by atoms with Gasteiger partial charge in [-0.3, -0.25) is 0 Å². The molecule has 0 saturated heterocycles. The van der Waals surface area contributed by atoms with Gasteiger partial charge in [-0.15, -0.1) is 0 Å². The maximum atomic E-state index is 8.77. The lowest BCUT2D eigenvalue weighted by molar-refractivity contribution is 0.249. The van der Waals surface area contributed by atoms with Crippen molar-refractivity contribution < 1.29 is 5.11 Å². The molecule has 1 atom stereocenters. The van der Waals surface area contributed by atoms with Gasteiger partial charge in [-0.2, -0.15) is 0 Å². The van der Waals surface area contributed by atoms with Crippen LogP contribution in [0.15, 0.2) is 12.2 Å². The summed E-state index contributed by atoms with van der Waals surface area (Å²) in [6.07, 6.45) is 7.64. The fourth-order valence-corrected chi connectivity index (χ4v) is 0.781. The van der Waals surface area contributed by atoms with Crippen molar-refractivity contribution in [3.05, 3.63) is 12.2 Å². The molecular formula is C9H18O. The van der Waals surface area contributed by atoms with Crippen LogP contribution in [0.5, 0.6) is 0 Å². The molecule has 0 spiro atoms. The highest BCUT2D eigenvalue weighted by atomic mass is 16.3. The van der Waals surface area contributed by atoms with E-state index >= 15 is 0 Å². The molecule has 0 fully saturated rings. The smallest absolute Gasteiger partial charge is 0.0493 e. The van der Waals surface area contributed by atoms with E-state index in [-0.39, 0.29) is 6.61 Å². The predicted molar refractivity (Wildman–Crippen MR) is 44.9 cm³/mol. The van der Waals surface area contributed by atoms with Crippen LogP contribution in [0, 0.1) is 5.92 Å². The van der Waals surface area contributed by atoms with Gasteiger partial charge in [0.15, 0.2) is 0 Å². The quantitative estimate of drug-likeness (QED) is 0.584. The van der Waals surface area contributed by atoms with Crippen LogP contribution in [0.1, 0.15) is 33.1 Å². The molecule has 0 bridgehead atoms. The van der Waals surface area contributed by atoms with Crippen LogP contribution in [0.2, 0.25) is 0 Å². The average molecular weight is 142 g/mol. The van der Waals surface area contributed by atoms with Gasteiger partial charge in [-0.25, -0.2) is 0 Å². The van der Waals surface area contributed by atoms with Gasteiger partial charge in [-0.05, 0) is 18.8 Å². The Balaban J connectivity index is 3.40. The molecule has 10 heavy (non-hydrogen) atoms. The molecule has 0 aromatic rings. The predicted octanol–water partition coefficient (Wildman–Crippen LogP) is 2.36. The lowest BCUT2D eigenvalue weighted by Crippen LogP contribution is -1.99. The second-order valence-corrected chi connectivity index (χ2v) is 2.57. The first kappa shape index (κ1) is 9.70. The Hall–Kier alpha value is -0.300. The highest BCUT2D eigenvalue weighted by Crippen LogP contribution is 2.03. The molecular weight excluding hydrogens is 124 g/mol. The number of hydrogen-bond acceptors (Lipinski definition) is 1. The Morgan fingerprint density at radius 1 is 1.40 bits per heavy atom. The Morgan fingerprint density at radius 2 is 2.10 bits per heavy atom. The Labute approximate surface area is 63.8 Å². The van der Waals surface area contributed by atoms with Crippen molar-refractivity contribution in [1.29, 1.82) is 0 Å². The summed E-state index contributed by atoms with van der Waals surface area (Å²) in [6, 6.07) is 0. The third-order valence-electron chi connectivity index (χ3n) is 1.62. The van der Waals surface area contributed by atoms with Gasteiger partial charge in [-0.1, -0.05) is 32.4 Å². The zero-order valence-electron chi connectivity index (χ0n) is 7.01. The van der Waals surface area contributed by atoms with Crippen LogP contribution in [0.3, 0.4) is 0 Å². The summed E-state index contributed by atoms with van der Waals surface area (Å²) in [6.45, 7) is 4.54. The van der Waals surface area contributed by atoms with E-state index in [0.717, 1.165) is 12.8 Å². The fraction of sp³-hybridized carbons (Fsp3) is 0.778. The zero-order chi connectivity index (χ0) is 7.82. The summed E-state index contributed by atoms with van der Waals surface area (Å²) < 4.78 is 0. The molecule has 0 aromatic carbocycles. The topological polar surface area (TPSA) is 20.2 Å². The molecule has 0 saturated carbocycles. The first-order valence-corrected chi connectivity index (χ1v) is 4.12. The number of aliphatic hydroxyl groups excluding tert-OH is 1. The van der Waals surface area contributed by atoms with E-state index in [1.165, 1.54) is 6.42 Å². The van der Waals surface area contributed by atoms with Gasteiger partial charge in [0.05, 0.1) is 0 Å². The lowest BCUT2D eigenvalue weighted by Gasteiger charge is -2.02. The van der Waals surface area contributed by atoms with E-state index < -0.39 is 0 Å². The number of unbranched alkanes of at least 4 members (excludes halogenated alkanes) is 1.